The van der Waals surface area contributed by atoms with Gasteiger partial charge in [-0.3, -0.25) is 39.9 Å². The van der Waals surface area contributed by atoms with Gasteiger partial charge in [-0.25, -0.2) is 4.79 Å². The molecule has 1 saturated heterocycles. The molecule has 2 atom stereocenters. The third-order valence-electron chi connectivity index (χ3n) is 6.45. The summed E-state index contributed by atoms with van der Waals surface area (Å²) in [6.45, 7) is -0.178. The molecule has 4 amide bonds. The summed E-state index contributed by atoms with van der Waals surface area (Å²) in [5, 5.41) is 13.6. The average Bonchev–Trinajstić information content (AvgIpc) is 2.83. The van der Waals surface area contributed by atoms with Crippen LogP contribution in [0.2, 0.25) is 5.02 Å². The largest absolute Gasteiger partial charge is 0.522 e. The second-order valence-corrected chi connectivity index (χ2v) is 9.53. The smallest absolute Gasteiger partial charge is 0.465 e. The van der Waals surface area contributed by atoms with Crippen LogP contribution >= 0.6 is 11.6 Å². The Kier molecular flexibility index (Phi) is 7.92. The Morgan fingerprint density at radius 2 is 1.79 bits per heavy atom. The van der Waals surface area contributed by atoms with Gasteiger partial charge in [0.25, 0.3) is 11.8 Å². The van der Waals surface area contributed by atoms with E-state index >= 15 is 0 Å². The third-order valence-corrected chi connectivity index (χ3v) is 6.68. The number of rotatable bonds is 5. The lowest BCUT2D eigenvalue weighted by atomic mass is 9.82. The standard InChI is InChI=1S/C23H23ClF3N5O6/c24-14-2-1-11-5-13(9-28-17(11)8-14)19(33)29-15-3-4-18(32(10-15)22(36)37)21(35)31-30-20(34)12-6-16(7-12)38-23(25,26)27/h1-2,5,8-9,12,15-16,18H,3-4,6-7,10H2,(H,29,33)(H,30,34)(H,31,35)(H,36,37)/t12-,15-,16+,18+/m0/s1. The number of hydrogen-bond acceptors (Lipinski definition) is 6. The number of carbonyl (C=O) groups is 4. The number of nitrogens with zero attached hydrogens (tertiary/aromatic N) is 2. The molecule has 1 aliphatic heterocycles. The summed E-state index contributed by atoms with van der Waals surface area (Å²) in [4.78, 5) is 54.3. The quantitative estimate of drug-likeness (QED) is 0.413. The molecule has 4 rings (SSSR count). The van der Waals surface area contributed by atoms with Crippen molar-refractivity contribution in [1.29, 1.82) is 0 Å². The lowest BCUT2D eigenvalue weighted by Gasteiger charge is -2.37. The summed E-state index contributed by atoms with van der Waals surface area (Å²) in [5.41, 5.74) is 5.14. The summed E-state index contributed by atoms with van der Waals surface area (Å²) >= 11 is 5.95. The zero-order valence-electron chi connectivity index (χ0n) is 19.6. The van der Waals surface area contributed by atoms with Crippen LogP contribution in [0.25, 0.3) is 10.9 Å². The van der Waals surface area contributed by atoms with Gasteiger partial charge in [0.2, 0.25) is 5.91 Å². The Bertz CT molecular complexity index is 1260. The number of alkyl halides is 3. The number of hydrazine groups is 1. The van der Waals surface area contributed by atoms with Gasteiger partial charge in [-0.2, -0.15) is 0 Å². The van der Waals surface area contributed by atoms with Gasteiger partial charge in [0.05, 0.1) is 17.2 Å². The Morgan fingerprint density at radius 3 is 2.47 bits per heavy atom. The van der Waals surface area contributed by atoms with Crippen molar-refractivity contribution in [1.82, 2.24) is 26.1 Å². The number of carboxylic acid groups (broad SMARTS) is 1. The molecule has 1 aromatic heterocycles. The highest BCUT2D eigenvalue weighted by atomic mass is 35.5. The van der Waals surface area contributed by atoms with Crippen LogP contribution in [0.5, 0.6) is 0 Å². The van der Waals surface area contributed by atoms with Crippen LogP contribution in [0.15, 0.2) is 30.5 Å². The fourth-order valence-corrected chi connectivity index (χ4v) is 4.60. The first-order chi connectivity index (χ1) is 17.9. The number of carbonyl (C=O) groups excluding carboxylic acids is 3. The van der Waals surface area contributed by atoms with Crippen molar-refractivity contribution in [2.24, 2.45) is 5.92 Å². The van der Waals surface area contributed by atoms with Crippen molar-refractivity contribution >= 4 is 46.3 Å². The Labute approximate surface area is 218 Å². The summed E-state index contributed by atoms with van der Waals surface area (Å²) in [7, 11) is 0. The highest BCUT2D eigenvalue weighted by Gasteiger charge is 2.43. The molecule has 204 valence electrons. The lowest BCUT2D eigenvalue weighted by molar-refractivity contribution is -0.353. The number of pyridine rings is 1. The molecular weight excluding hydrogens is 535 g/mol. The third kappa shape index (κ3) is 6.61. The van der Waals surface area contributed by atoms with Crippen molar-refractivity contribution in [3.05, 3.63) is 41.0 Å². The first-order valence-corrected chi connectivity index (χ1v) is 12.0. The Morgan fingerprint density at radius 1 is 1.08 bits per heavy atom. The second kappa shape index (κ2) is 11.0. The SMILES string of the molecule is O=C(N[C@H]1CC[C@H](C(=O)NNC(=O)[C@H]2C[C@@H](OC(F)(F)F)C2)N(C(=O)O)C1)c1cnc2cc(Cl)ccc2c1. The molecule has 2 aliphatic rings. The molecule has 1 aliphatic carbocycles. The van der Waals surface area contributed by atoms with Crippen LogP contribution in [0, 0.1) is 5.92 Å². The lowest BCUT2D eigenvalue weighted by Crippen LogP contribution is -2.60. The molecule has 2 heterocycles. The number of fused-ring (bicyclic) bond motifs is 1. The molecule has 2 fully saturated rings. The van der Waals surface area contributed by atoms with Crippen molar-refractivity contribution < 1.29 is 42.2 Å². The number of likely N-dealkylation sites (tertiary alicyclic amines) is 1. The van der Waals surface area contributed by atoms with E-state index in [0.29, 0.717) is 15.9 Å². The van der Waals surface area contributed by atoms with E-state index in [2.05, 4.69) is 25.9 Å². The van der Waals surface area contributed by atoms with Crippen LogP contribution in [0.3, 0.4) is 0 Å². The molecule has 0 unspecified atom stereocenters. The topological polar surface area (TPSA) is 150 Å². The Hall–Kier alpha value is -3.65. The fraction of sp³-hybridized carbons (Fsp3) is 0.435. The van der Waals surface area contributed by atoms with Gasteiger partial charge in [-0.1, -0.05) is 17.7 Å². The number of benzene rings is 1. The number of halogens is 4. The number of ether oxygens (including phenoxy) is 1. The van der Waals surface area contributed by atoms with Crippen LogP contribution in [0.4, 0.5) is 18.0 Å². The van der Waals surface area contributed by atoms with Crippen molar-refractivity contribution in [3.63, 3.8) is 0 Å². The summed E-state index contributed by atoms with van der Waals surface area (Å²) in [5.74, 6) is -2.74. The van der Waals surface area contributed by atoms with Crippen LogP contribution in [0.1, 0.15) is 36.0 Å². The normalized spacial score (nSPS) is 23.3. The molecule has 38 heavy (non-hydrogen) atoms. The van der Waals surface area contributed by atoms with E-state index in [1.165, 1.54) is 6.20 Å². The number of piperidine rings is 1. The van der Waals surface area contributed by atoms with Crippen molar-refractivity contribution in [3.8, 4) is 0 Å². The molecule has 1 aromatic carbocycles. The number of nitrogens with one attached hydrogen (secondary N) is 3. The zero-order chi connectivity index (χ0) is 27.6. The minimum atomic E-state index is -4.79. The summed E-state index contributed by atoms with van der Waals surface area (Å²) in [6.07, 6.45) is -5.93. The summed E-state index contributed by atoms with van der Waals surface area (Å²) < 4.78 is 40.4. The van der Waals surface area contributed by atoms with E-state index in [4.69, 9.17) is 11.6 Å². The maximum atomic E-state index is 12.7. The number of amides is 4. The maximum Gasteiger partial charge on any atom is 0.522 e. The monoisotopic (exact) mass is 557 g/mol. The maximum absolute atomic E-state index is 12.7. The van der Waals surface area contributed by atoms with E-state index < -0.39 is 54.3 Å². The van der Waals surface area contributed by atoms with Crippen molar-refractivity contribution in [2.75, 3.05) is 6.54 Å². The molecule has 2 aromatic rings. The number of aromatic nitrogens is 1. The molecule has 11 nitrogen and oxygen atoms in total. The predicted molar refractivity (Wildman–Crippen MR) is 126 cm³/mol. The van der Waals surface area contributed by atoms with E-state index in [1.807, 2.05) is 0 Å². The number of hydrogen-bond donors (Lipinski definition) is 4. The predicted octanol–water partition coefficient (Wildman–Crippen LogP) is 2.59. The van der Waals surface area contributed by atoms with E-state index in [-0.39, 0.29) is 37.8 Å². The molecule has 4 N–H and O–H groups in total. The molecule has 0 radical (unpaired) electrons. The van der Waals surface area contributed by atoms with Gasteiger partial charge < -0.3 is 10.4 Å². The zero-order valence-corrected chi connectivity index (χ0v) is 20.4. The van der Waals surface area contributed by atoms with Crippen molar-refractivity contribution in [2.45, 2.75) is 50.2 Å². The highest BCUT2D eigenvalue weighted by molar-refractivity contribution is 6.31. The fourth-order valence-electron chi connectivity index (χ4n) is 4.43. The van der Waals surface area contributed by atoms with E-state index in [0.717, 1.165) is 4.90 Å². The van der Waals surface area contributed by atoms with Crippen LogP contribution in [-0.2, 0) is 14.3 Å². The van der Waals surface area contributed by atoms with Gasteiger partial charge in [-0.15, -0.1) is 13.2 Å². The van der Waals surface area contributed by atoms with E-state index in [1.54, 1.807) is 24.3 Å². The molecule has 15 heteroatoms. The Balaban J connectivity index is 1.28. The average molecular weight is 558 g/mol. The van der Waals surface area contributed by atoms with Crippen LogP contribution in [-0.4, -0.2) is 69.9 Å². The van der Waals surface area contributed by atoms with Gasteiger partial charge in [-0.05, 0) is 43.9 Å². The molecular formula is C23H23ClF3N5O6. The van der Waals surface area contributed by atoms with Crippen LogP contribution < -0.4 is 16.2 Å². The molecule has 0 bridgehead atoms. The molecule has 0 spiro atoms. The van der Waals surface area contributed by atoms with Gasteiger partial charge >= 0.3 is 12.5 Å². The van der Waals surface area contributed by atoms with Gasteiger partial charge in [0, 0.05) is 35.1 Å². The van der Waals surface area contributed by atoms with Gasteiger partial charge in [0.15, 0.2) is 0 Å². The first-order valence-electron chi connectivity index (χ1n) is 11.6. The minimum Gasteiger partial charge on any atom is -0.465 e. The highest BCUT2D eigenvalue weighted by Crippen LogP contribution is 2.34. The van der Waals surface area contributed by atoms with Gasteiger partial charge in [0.1, 0.15) is 6.04 Å². The minimum absolute atomic E-state index is 0.0539. The summed E-state index contributed by atoms with van der Waals surface area (Å²) in [6, 6.07) is 4.94. The van der Waals surface area contributed by atoms with E-state index in [9.17, 15) is 37.5 Å². The second-order valence-electron chi connectivity index (χ2n) is 9.09. The molecule has 1 saturated carbocycles. The first kappa shape index (κ1) is 27.4.